The summed E-state index contributed by atoms with van der Waals surface area (Å²) in [5, 5.41) is 8.47. The van der Waals surface area contributed by atoms with Gasteiger partial charge in [-0.05, 0) is 44.6 Å². The van der Waals surface area contributed by atoms with Crippen LogP contribution in [0.15, 0.2) is 24.5 Å². The van der Waals surface area contributed by atoms with Crippen LogP contribution in [0.3, 0.4) is 0 Å². The Bertz CT molecular complexity index is 787. The summed E-state index contributed by atoms with van der Waals surface area (Å²) in [6, 6.07) is 3.85. The van der Waals surface area contributed by atoms with Crippen molar-refractivity contribution in [2.75, 3.05) is 13.1 Å². The molecule has 0 aromatic carbocycles. The lowest BCUT2D eigenvalue weighted by Crippen LogP contribution is -2.50. The zero-order valence-electron chi connectivity index (χ0n) is 14.8. The van der Waals surface area contributed by atoms with Crippen LogP contribution in [0.2, 0.25) is 0 Å². The SMILES string of the molecule is O=C(c1ccc(OC2CCCC2)nc1)N1CC(n2cc(C3CC3)nn2)C1. The van der Waals surface area contributed by atoms with Crippen molar-refractivity contribution in [1.29, 1.82) is 0 Å². The van der Waals surface area contributed by atoms with Gasteiger partial charge in [0.1, 0.15) is 6.10 Å². The van der Waals surface area contributed by atoms with Gasteiger partial charge in [0, 0.05) is 37.5 Å². The molecule has 2 saturated carbocycles. The summed E-state index contributed by atoms with van der Waals surface area (Å²) in [5.41, 5.74) is 1.70. The van der Waals surface area contributed by atoms with Crippen LogP contribution in [0.4, 0.5) is 0 Å². The minimum absolute atomic E-state index is 0.0173. The number of rotatable bonds is 5. The van der Waals surface area contributed by atoms with Crippen LogP contribution in [0, 0.1) is 0 Å². The predicted octanol–water partition coefficient (Wildman–Crippen LogP) is 2.57. The normalized spacial score (nSPS) is 21.0. The van der Waals surface area contributed by atoms with Crippen molar-refractivity contribution in [2.24, 2.45) is 0 Å². The van der Waals surface area contributed by atoms with E-state index in [4.69, 9.17) is 4.74 Å². The van der Waals surface area contributed by atoms with E-state index in [-0.39, 0.29) is 18.1 Å². The molecule has 2 aliphatic carbocycles. The van der Waals surface area contributed by atoms with Crippen molar-refractivity contribution in [3.05, 3.63) is 35.8 Å². The van der Waals surface area contributed by atoms with Crippen LogP contribution < -0.4 is 4.74 Å². The van der Waals surface area contributed by atoms with E-state index in [0.717, 1.165) is 18.5 Å². The van der Waals surface area contributed by atoms with Crippen molar-refractivity contribution >= 4 is 5.91 Å². The summed E-state index contributed by atoms with van der Waals surface area (Å²) in [6.07, 6.45) is 11.1. The monoisotopic (exact) mass is 353 g/mol. The lowest BCUT2D eigenvalue weighted by atomic mass is 10.1. The molecular weight excluding hydrogens is 330 g/mol. The molecule has 0 spiro atoms. The molecule has 5 rings (SSSR count). The van der Waals surface area contributed by atoms with Gasteiger partial charge in [-0.25, -0.2) is 9.67 Å². The molecular formula is C19H23N5O2. The molecule has 7 heteroatoms. The molecule has 3 heterocycles. The molecule has 0 bridgehead atoms. The van der Waals surface area contributed by atoms with Crippen molar-refractivity contribution in [3.63, 3.8) is 0 Å². The van der Waals surface area contributed by atoms with Crippen molar-refractivity contribution in [3.8, 4) is 5.88 Å². The number of hydrogen-bond acceptors (Lipinski definition) is 5. The first kappa shape index (κ1) is 15.8. The highest BCUT2D eigenvalue weighted by molar-refractivity contribution is 5.94. The van der Waals surface area contributed by atoms with Gasteiger partial charge in [-0.15, -0.1) is 5.10 Å². The van der Waals surface area contributed by atoms with Crippen LogP contribution in [0.5, 0.6) is 5.88 Å². The fourth-order valence-electron chi connectivity index (χ4n) is 3.76. The molecule has 26 heavy (non-hydrogen) atoms. The Labute approximate surface area is 152 Å². The summed E-state index contributed by atoms with van der Waals surface area (Å²) in [6.45, 7) is 1.35. The number of ether oxygens (including phenoxy) is 1. The van der Waals surface area contributed by atoms with E-state index in [1.807, 2.05) is 27.9 Å². The Hall–Kier alpha value is -2.44. The lowest BCUT2D eigenvalue weighted by molar-refractivity contribution is 0.0498. The second-order valence-electron chi connectivity index (χ2n) is 7.67. The fourth-order valence-corrected chi connectivity index (χ4v) is 3.76. The summed E-state index contributed by atoms with van der Waals surface area (Å²) < 4.78 is 7.77. The summed E-state index contributed by atoms with van der Waals surface area (Å²) >= 11 is 0. The van der Waals surface area contributed by atoms with Crippen LogP contribution in [-0.2, 0) is 0 Å². The number of carbonyl (C=O) groups excluding carboxylic acids is 1. The van der Waals surface area contributed by atoms with Gasteiger partial charge in [-0.2, -0.15) is 0 Å². The molecule has 0 radical (unpaired) electrons. The van der Waals surface area contributed by atoms with Gasteiger partial charge in [0.05, 0.1) is 17.3 Å². The van der Waals surface area contributed by atoms with Crippen molar-refractivity contribution < 1.29 is 9.53 Å². The average molecular weight is 353 g/mol. The van der Waals surface area contributed by atoms with E-state index in [2.05, 4.69) is 15.3 Å². The van der Waals surface area contributed by atoms with Gasteiger partial charge in [0.15, 0.2) is 0 Å². The number of nitrogens with zero attached hydrogens (tertiary/aromatic N) is 5. The smallest absolute Gasteiger partial charge is 0.255 e. The maximum atomic E-state index is 12.6. The maximum Gasteiger partial charge on any atom is 0.255 e. The van der Waals surface area contributed by atoms with Crippen LogP contribution in [0.1, 0.15) is 66.5 Å². The molecule has 1 aliphatic heterocycles. The molecule has 1 saturated heterocycles. The largest absolute Gasteiger partial charge is 0.474 e. The maximum absolute atomic E-state index is 12.6. The summed E-state index contributed by atoms with van der Waals surface area (Å²) in [7, 11) is 0. The molecule has 3 aliphatic rings. The molecule has 136 valence electrons. The molecule has 2 aromatic heterocycles. The highest BCUT2D eigenvalue weighted by atomic mass is 16.5. The summed E-state index contributed by atoms with van der Waals surface area (Å²) in [5.74, 6) is 1.24. The molecule has 7 nitrogen and oxygen atoms in total. The zero-order valence-corrected chi connectivity index (χ0v) is 14.8. The molecule has 0 N–H and O–H groups in total. The Balaban J connectivity index is 1.16. The summed E-state index contributed by atoms with van der Waals surface area (Å²) in [4.78, 5) is 18.7. The van der Waals surface area contributed by atoms with E-state index in [0.29, 0.717) is 30.5 Å². The van der Waals surface area contributed by atoms with Gasteiger partial charge >= 0.3 is 0 Å². The predicted molar refractivity (Wildman–Crippen MR) is 94.1 cm³/mol. The standard InChI is InChI=1S/C19H23N5O2/c25-19(14-7-8-18(20-9-14)26-16-3-1-2-4-16)23-10-15(11-23)24-12-17(21-22-24)13-5-6-13/h7-9,12-13,15-16H,1-6,10-11H2. The van der Waals surface area contributed by atoms with Gasteiger partial charge in [0.2, 0.25) is 5.88 Å². The molecule has 0 atom stereocenters. The first-order valence-corrected chi connectivity index (χ1v) is 9.60. The Morgan fingerprint density at radius 2 is 1.92 bits per heavy atom. The number of pyridine rings is 1. The molecule has 0 unspecified atom stereocenters. The molecule has 3 fully saturated rings. The highest BCUT2D eigenvalue weighted by Gasteiger charge is 2.35. The minimum Gasteiger partial charge on any atom is -0.474 e. The van der Waals surface area contributed by atoms with Gasteiger partial charge in [-0.1, -0.05) is 5.21 Å². The second kappa shape index (κ2) is 6.37. The first-order valence-electron chi connectivity index (χ1n) is 9.60. The Morgan fingerprint density at radius 1 is 1.12 bits per heavy atom. The third kappa shape index (κ3) is 3.06. The van der Waals surface area contributed by atoms with Gasteiger partial charge < -0.3 is 9.64 Å². The van der Waals surface area contributed by atoms with Crippen LogP contribution in [0.25, 0.3) is 0 Å². The Kier molecular flexibility index (Phi) is 3.87. The number of amides is 1. The number of carbonyl (C=O) groups is 1. The van der Waals surface area contributed by atoms with Crippen LogP contribution in [-0.4, -0.2) is 50.0 Å². The van der Waals surface area contributed by atoms with E-state index in [1.165, 1.54) is 25.7 Å². The minimum atomic E-state index is 0.0173. The highest BCUT2D eigenvalue weighted by Crippen LogP contribution is 2.39. The van der Waals surface area contributed by atoms with Gasteiger partial charge in [0.25, 0.3) is 5.91 Å². The second-order valence-corrected chi connectivity index (χ2v) is 7.67. The van der Waals surface area contributed by atoms with Gasteiger partial charge in [-0.3, -0.25) is 4.79 Å². The first-order chi connectivity index (χ1) is 12.8. The fraction of sp³-hybridized carbons (Fsp3) is 0.579. The topological polar surface area (TPSA) is 73.1 Å². The number of hydrogen-bond donors (Lipinski definition) is 0. The van der Waals surface area contributed by atoms with E-state index in [9.17, 15) is 4.79 Å². The number of likely N-dealkylation sites (tertiary alicyclic amines) is 1. The quantitative estimate of drug-likeness (QED) is 0.826. The lowest BCUT2D eigenvalue weighted by Gasteiger charge is -2.38. The van der Waals surface area contributed by atoms with Crippen molar-refractivity contribution in [1.82, 2.24) is 24.9 Å². The van der Waals surface area contributed by atoms with Crippen molar-refractivity contribution in [2.45, 2.75) is 56.6 Å². The molecule has 1 amide bonds. The molecule has 2 aromatic rings. The third-order valence-corrected chi connectivity index (χ3v) is 5.62. The van der Waals surface area contributed by atoms with E-state index >= 15 is 0 Å². The zero-order chi connectivity index (χ0) is 17.5. The average Bonchev–Trinajstić information content (AvgIpc) is 3.13. The Morgan fingerprint density at radius 3 is 2.62 bits per heavy atom. The van der Waals surface area contributed by atoms with E-state index < -0.39 is 0 Å². The third-order valence-electron chi connectivity index (χ3n) is 5.62. The number of aromatic nitrogens is 4. The van der Waals surface area contributed by atoms with Crippen LogP contribution >= 0.6 is 0 Å². The van der Waals surface area contributed by atoms with E-state index in [1.54, 1.807) is 6.20 Å².